The van der Waals surface area contributed by atoms with E-state index in [2.05, 4.69) is 20.7 Å². The molecule has 1 amide bonds. The normalized spacial score (nSPS) is 19.4. The first-order valence-electron chi connectivity index (χ1n) is 7.98. The molecule has 2 aliphatic rings. The highest BCUT2D eigenvalue weighted by molar-refractivity contribution is 5.91. The summed E-state index contributed by atoms with van der Waals surface area (Å²) in [5.41, 5.74) is 1.97. The summed E-state index contributed by atoms with van der Waals surface area (Å²) in [7, 11) is 0. The minimum atomic E-state index is -0.309. The molecular weight excluding hydrogens is 297 g/mol. The van der Waals surface area contributed by atoms with Crippen LogP contribution in [0.5, 0.6) is 0 Å². The number of rotatable bonds is 2. The van der Waals surface area contributed by atoms with Crippen molar-refractivity contribution in [2.75, 3.05) is 11.9 Å². The molecule has 0 radical (unpaired) electrons. The SMILES string of the molecule is O=C(N[C@@H]1CCCc2ccc(F)cc21)c1nc2n(n1)CCCN2. The number of benzene rings is 1. The molecule has 0 saturated heterocycles. The fourth-order valence-electron chi connectivity index (χ4n) is 3.30. The van der Waals surface area contributed by atoms with E-state index in [0.717, 1.165) is 49.9 Å². The van der Waals surface area contributed by atoms with E-state index >= 15 is 0 Å². The van der Waals surface area contributed by atoms with E-state index in [-0.39, 0.29) is 23.6 Å². The van der Waals surface area contributed by atoms with E-state index in [4.69, 9.17) is 0 Å². The maximum absolute atomic E-state index is 13.5. The molecule has 0 spiro atoms. The highest BCUT2D eigenvalue weighted by atomic mass is 19.1. The molecule has 2 N–H and O–H groups in total. The van der Waals surface area contributed by atoms with Crippen LogP contribution < -0.4 is 10.6 Å². The number of aryl methyl sites for hydroxylation is 2. The van der Waals surface area contributed by atoms with Crippen LogP contribution in [0.4, 0.5) is 10.3 Å². The van der Waals surface area contributed by atoms with Crippen LogP contribution in [-0.4, -0.2) is 27.2 Å². The van der Waals surface area contributed by atoms with Crippen LogP contribution in [0.3, 0.4) is 0 Å². The molecule has 7 heteroatoms. The third kappa shape index (κ3) is 2.67. The molecule has 1 aromatic heterocycles. The Bertz CT molecular complexity index is 733. The lowest BCUT2D eigenvalue weighted by Crippen LogP contribution is -2.31. The number of carbonyl (C=O) groups excluding carboxylic acids is 1. The summed E-state index contributed by atoms with van der Waals surface area (Å²) in [4.78, 5) is 16.7. The molecule has 6 nitrogen and oxygen atoms in total. The molecule has 120 valence electrons. The van der Waals surface area contributed by atoms with Gasteiger partial charge in [0.25, 0.3) is 5.91 Å². The van der Waals surface area contributed by atoms with Gasteiger partial charge in [0.2, 0.25) is 11.8 Å². The molecule has 1 atom stereocenters. The zero-order valence-electron chi connectivity index (χ0n) is 12.7. The van der Waals surface area contributed by atoms with Gasteiger partial charge in [0, 0.05) is 13.1 Å². The number of nitrogens with zero attached hydrogens (tertiary/aromatic N) is 3. The molecule has 1 aromatic carbocycles. The zero-order valence-corrected chi connectivity index (χ0v) is 12.7. The molecule has 0 saturated carbocycles. The summed E-state index contributed by atoms with van der Waals surface area (Å²) in [5, 5.41) is 10.3. The minimum absolute atomic E-state index is 0.165. The molecule has 0 bridgehead atoms. The maximum Gasteiger partial charge on any atom is 0.291 e. The Morgan fingerprint density at radius 1 is 1.39 bits per heavy atom. The van der Waals surface area contributed by atoms with Gasteiger partial charge in [-0.05, 0) is 48.9 Å². The van der Waals surface area contributed by atoms with E-state index in [0.29, 0.717) is 5.95 Å². The summed E-state index contributed by atoms with van der Waals surface area (Å²) in [6.07, 6.45) is 3.65. The first kappa shape index (κ1) is 14.2. The van der Waals surface area contributed by atoms with Crippen LogP contribution in [-0.2, 0) is 13.0 Å². The molecule has 1 aliphatic heterocycles. The van der Waals surface area contributed by atoms with Crippen molar-refractivity contribution in [3.63, 3.8) is 0 Å². The van der Waals surface area contributed by atoms with Gasteiger partial charge in [0.05, 0.1) is 6.04 Å². The average Bonchev–Trinajstić information content (AvgIpc) is 2.99. The maximum atomic E-state index is 13.5. The van der Waals surface area contributed by atoms with Gasteiger partial charge in [-0.1, -0.05) is 6.07 Å². The fourth-order valence-corrected chi connectivity index (χ4v) is 3.30. The number of aromatic nitrogens is 3. The fraction of sp³-hybridized carbons (Fsp3) is 0.438. The van der Waals surface area contributed by atoms with Crippen LogP contribution >= 0.6 is 0 Å². The zero-order chi connectivity index (χ0) is 15.8. The molecule has 0 unspecified atom stereocenters. The highest BCUT2D eigenvalue weighted by Gasteiger charge is 2.25. The molecule has 1 aliphatic carbocycles. The highest BCUT2D eigenvalue weighted by Crippen LogP contribution is 2.30. The first-order valence-corrected chi connectivity index (χ1v) is 7.98. The Labute approximate surface area is 133 Å². The summed E-state index contributed by atoms with van der Waals surface area (Å²) in [5.74, 6) is 0.218. The molecule has 0 fully saturated rings. The van der Waals surface area contributed by atoms with Gasteiger partial charge in [-0.3, -0.25) is 4.79 Å². The Balaban J connectivity index is 1.56. The van der Waals surface area contributed by atoms with Crippen molar-refractivity contribution in [3.05, 3.63) is 41.0 Å². The van der Waals surface area contributed by atoms with Crippen LogP contribution in [0.15, 0.2) is 18.2 Å². The number of carbonyl (C=O) groups is 1. The smallest absolute Gasteiger partial charge is 0.291 e. The standard InChI is InChI=1S/C16H18FN5O/c17-11-6-5-10-3-1-4-13(12(10)9-11)19-15(23)14-20-16-18-7-2-8-22(16)21-14/h5-6,9,13H,1-4,7-8H2,(H,19,23)(H,18,20,21)/t13-/m1/s1. The number of fused-ring (bicyclic) bond motifs is 2. The number of anilines is 1. The van der Waals surface area contributed by atoms with Crippen LogP contribution in [0.25, 0.3) is 0 Å². The van der Waals surface area contributed by atoms with Gasteiger partial charge in [-0.2, -0.15) is 4.98 Å². The molecule has 2 heterocycles. The van der Waals surface area contributed by atoms with Crippen molar-refractivity contribution >= 4 is 11.9 Å². The van der Waals surface area contributed by atoms with Crippen molar-refractivity contribution in [1.82, 2.24) is 20.1 Å². The van der Waals surface area contributed by atoms with Crippen molar-refractivity contribution in [2.24, 2.45) is 0 Å². The third-order valence-electron chi connectivity index (χ3n) is 4.43. The van der Waals surface area contributed by atoms with Gasteiger partial charge < -0.3 is 10.6 Å². The Hall–Kier alpha value is -2.44. The molecule has 2 aromatic rings. The lowest BCUT2D eigenvalue weighted by Gasteiger charge is -2.26. The Morgan fingerprint density at radius 2 is 2.30 bits per heavy atom. The predicted octanol–water partition coefficient (Wildman–Crippen LogP) is 2.04. The quantitative estimate of drug-likeness (QED) is 0.889. The number of halogens is 1. The number of hydrogen-bond donors (Lipinski definition) is 2. The van der Waals surface area contributed by atoms with Crippen molar-refractivity contribution in [1.29, 1.82) is 0 Å². The lowest BCUT2D eigenvalue weighted by molar-refractivity contribution is 0.0922. The van der Waals surface area contributed by atoms with Gasteiger partial charge in [0.1, 0.15) is 5.82 Å². The second kappa shape index (κ2) is 5.64. The van der Waals surface area contributed by atoms with Crippen LogP contribution in [0.2, 0.25) is 0 Å². The lowest BCUT2D eigenvalue weighted by atomic mass is 9.87. The van der Waals surface area contributed by atoms with E-state index in [1.54, 1.807) is 10.7 Å². The minimum Gasteiger partial charge on any atom is -0.354 e. The van der Waals surface area contributed by atoms with Crippen LogP contribution in [0, 0.1) is 5.82 Å². The molecule has 23 heavy (non-hydrogen) atoms. The topological polar surface area (TPSA) is 71.8 Å². The summed E-state index contributed by atoms with van der Waals surface area (Å²) in [6, 6.07) is 4.61. The number of hydrogen-bond acceptors (Lipinski definition) is 4. The van der Waals surface area contributed by atoms with Crippen LogP contribution in [0.1, 0.15) is 47.1 Å². The summed E-state index contributed by atoms with van der Waals surface area (Å²) >= 11 is 0. The predicted molar refractivity (Wildman–Crippen MR) is 82.7 cm³/mol. The number of amides is 1. The molecular formula is C16H18FN5O. The average molecular weight is 315 g/mol. The van der Waals surface area contributed by atoms with E-state index < -0.39 is 0 Å². The van der Waals surface area contributed by atoms with E-state index in [1.165, 1.54) is 12.1 Å². The largest absolute Gasteiger partial charge is 0.354 e. The van der Waals surface area contributed by atoms with Crippen molar-refractivity contribution in [2.45, 2.75) is 38.3 Å². The van der Waals surface area contributed by atoms with Gasteiger partial charge >= 0.3 is 0 Å². The second-order valence-electron chi connectivity index (χ2n) is 6.02. The molecule has 4 rings (SSSR count). The van der Waals surface area contributed by atoms with E-state index in [9.17, 15) is 9.18 Å². The van der Waals surface area contributed by atoms with Gasteiger partial charge in [-0.25, -0.2) is 9.07 Å². The van der Waals surface area contributed by atoms with Gasteiger partial charge in [-0.15, -0.1) is 5.10 Å². The van der Waals surface area contributed by atoms with Gasteiger partial charge in [0.15, 0.2) is 0 Å². The summed E-state index contributed by atoms with van der Waals surface area (Å²) in [6.45, 7) is 1.61. The monoisotopic (exact) mass is 315 g/mol. The van der Waals surface area contributed by atoms with E-state index in [1.807, 2.05) is 0 Å². The Morgan fingerprint density at radius 3 is 3.17 bits per heavy atom. The second-order valence-corrected chi connectivity index (χ2v) is 6.02. The van der Waals surface area contributed by atoms with Crippen molar-refractivity contribution < 1.29 is 9.18 Å². The third-order valence-corrected chi connectivity index (χ3v) is 4.43. The first-order chi connectivity index (χ1) is 11.2. The number of nitrogens with one attached hydrogen (secondary N) is 2. The Kier molecular flexibility index (Phi) is 3.48. The summed E-state index contributed by atoms with van der Waals surface area (Å²) < 4.78 is 15.2. The van der Waals surface area contributed by atoms with Crippen molar-refractivity contribution in [3.8, 4) is 0 Å².